The number of carbonyl (C=O) groups is 1. The molecule has 0 unspecified atom stereocenters. The Morgan fingerprint density at radius 2 is 1.90 bits per heavy atom. The number of carbonyl (C=O) groups excluding carboxylic acids is 1. The summed E-state index contributed by atoms with van der Waals surface area (Å²) in [5, 5.41) is 5.64. The number of benzene rings is 1. The summed E-state index contributed by atoms with van der Waals surface area (Å²) in [5.41, 5.74) is 1.84. The minimum absolute atomic E-state index is 0.266. The molecule has 1 amide bonds. The van der Waals surface area contributed by atoms with Gasteiger partial charge < -0.3 is 9.80 Å². The molecule has 1 saturated carbocycles. The third-order valence-corrected chi connectivity index (χ3v) is 6.51. The van der Waals surface area contributed by atoms with Gasteiger partial charge in [0.1, 0.15) is 11.6 Å². The molecule has 2 aliphatic rings. The maximum absolute atomic E-state index is 12.6. The number of aromatic nitrogens is 4. The van der Waals surface area contributed by atoms with Crippen LogP contribution in [0.4, 0.5) is 5.82 Å². The van der Waals surface area contributed by atoms with Gasteiger partial charge in [-0.3, -0.25) is 4.79 Å². The first-order chi connectivity index (χ1) is 15.2. The topological polar surface area (TPSA) is 67.2 Å². The van der Waals surface area contributed by atoms with E-state index < -0.39 is 0 Å². The summed E-state index contributed by atoms with van der Waals surface area (Å²) in [6.45, 7) is 7.61. The minimum Gasteiger partial charge on any atom is -0.354 e. The molecule has 1 aliphatic carbocycles. The summed E-state index contributed by atoms with van der Waals surface area (Å²) >= 11 is 0. The third kappa shape index (κ3) is 3.89. The number of amides is 1. The van der Waals surface area contributed by atoms with Crippen molar-refractivity contribution in [3.8, 4) is 5.69 Å². The number of nitrogens with zero attached hydrogens (tertiary/aromatic N) is 6. The van der Waals surface area contributed by atoms with Crippen LogP contribution in [0.15, 0.2) is 36.5 Å². The predicted octanol–water partition coefficient (Wildman–Crippen LogP) is 3.78. The van der Waals surface area contributed by atoms with Crippen molar-refractivity contribution in [1.82, 2.24) is 24.6 Å². The molecule has 1 atom stereocenters. The van der Waals surface area contributed by atoms with Crippen LogP contribution in [0.25, 0.3) is 16.7 Å². The Labute approximate surface area is 183 Å². The van der Waals surface area contributed by atoms with Crippen LogP contribution in [0.5, 0.6) is 0 Å². The molecule has 0 radical (unpaired) electrons. The van der Waals surface area contributed by atoms with Gasteiger partial charge in [-0.15, -0.1) is 0 Å². The highest BCUT2D eigenvalue weighted by atomic mass is 16.2. The lowest BCUT2D eigenvalue weighted by molar-refractivity contribution is -0.132. The maximum atomic E-state index is 12.6. The Morgan fingerprint density at radius 3 is 2.65 bits per heavy atom. The van der Waals surface area contributed by atoms with E-state index in [1.165, 1.54) is 0 Å². The fourth-order valence-electron chi connectivity index (χ4n) is 4.25. The van der Waals surface area contributed by atoms with Gasteiger partial charge in [-0.05, 0) is 37.8 Å². The monoisotopic (exact) mass is 418 g/mol. The van der Waals surface area contributed by atoms with Crippen LogP contribution in [0.2, 0.25) is 0 Å². The minimum atomic E-state index is 0.266. The van der Waals surface area contributed by atoms with Gasteiger partial charge in [0.25, 0.3) is 0 Å². The van der Waals surface area contributed by atoms with Crippen LogP contribution >= 0.6 is 0 Å². The van der Waals surface area contributed by atoms with Gasteiger partial charge in [-0.2, -0.15) is 5.10 Å². The fraction of sp³-hybridized carbons (Fsp3) is 0.500. The molecule has 5 rings (SSSR count). The Bertz CT molecular complexity index is 1070. The van der Waals surface area contributed by atoms with Crippen molar-refractivity contribution in [3.63, 3.8) is 0 Å². The summed E-state index contributed by atoms with van der Waals surface area (Å²) in [4.78, 5) is 26.9. The van der Waals surface area contributed by atoms with Gasteiger partial charge in [0.05, 0.1) is 17.3 Å². The van der Waals surface area contributed by atoms with E-state index in [-0.39, 0.29) is 11.8 Å². The van der Waals surface area contributed by atoms with E-state index >= 15 is 0 Å². The number of fused-ring (bicyclic) bond motifs is 1. The second-order valence-electron chi connectivity index (χ2n) is 8.78. The predicted molar refractivity (Wildman–Crippen MR) is 122 cm³/mol. The van der Waals surface area contributed by atoms with Crippen LogP contribution in [-0.4, -0.2) is 56.7 Å². The lowest BCUT2D eigenvalue weighted by atomic mass is 10.1. The van der Waals surface area contributed by atoms with Gasteiger partial charge >= 0.3 is 0 Å². The summed E-state index contributed by atoms with van der Waals surface area (Å²) < 4.78 is 1.91. The third-order valence-electron chi connectivity index (χ3n) is 6.51. The molecular weight excluding hydrogens is 388 g/mol. The van der Waals surface area contributed by atoms with Crippen LogP contribution in [0.1, 0.15) is 51.3 Å². The molecule has 0 N–H and O–H groups in total. The van der Waals surface area contributed by atoms with Crippen molar-refractivity contribution >= 4 is 22.8 Å². The van der Waals surface area contributed by atoms with Crippen molar-refractivity contribution < 1.29 is 4.79 Å². The zero-order valence-electron chi connectivity index (χ0n) is 18.4. The van der Waals surface area contributed by atoms with Crippen molar-refractivity contribution in [2.75, 3.05) is 31.1 Å². The van der Waals surface area contributed by atoms with E-state index in [1.807, 2.05) is 41.2 Å². The highest BCUT2D eigenvalue weighted by Crippen LogP contribution is 2.32. The summed E-state index contributed by atoms with van der Waals surface area (Å²) in [7, 11) is 0. The number of hydrogen-bond donors (Lipinski definition) is 0. The van der Waals surface area contributed by atoms with Crippen molar-refractivity contribution in [1.29, 1.82) is 0 Å². The standard InChI is InChI=1S/C24H30N6O/c1-3-17(2)21-26-22(28-12-7-13-29(15-14-28)24(31)18-10-11-18)20-16-25-30(23(20)27-21)19-8-5-4-6-9-19/h4-6,8-9,16-18H,3,7,10-15H2,1-2H3/t17-/m1/s1. The van der Waals surface area contributed by atoms with Crippen LogP contribution < -0.4 is 4.90 Å². The first-order valence-corrected chi connectivity index (χ1v) is 11.5. The van der Waals surface area contributed by atoms with Crippen molar-refractivity contribution in [3.05, 3.63) is 42.4 Å². The van der Waals surface area contributed by atoms with E-state index in [9.17, 15) is 4.79 Å². The summed E-state index contributed by atoms with van der Waals surface area (Å²) in [6.07, 6.45) is 5.94. The van der Waals surface area contributed by atoms with Crippen molar-refractivity contribution in [2.45, 2.75) is 45.4 Å². The molecule has 1 saturated heterocycles. The first kappa shape index (κ1) is 20.0. The molecule has 31 heavy (non-hydrogen) atoms. The largest absolute Gasteiger partial charge is 0.354 e. The number of rotatable bonds is 5. The lowest BCUT2D eigenvalue weighted by Crippen LogP contribution is -2.36. The smallest absolute Gasteiger partial charge is 0.225 e. The van der Waals surface area contributed by atoms with Gasteiger partial charge in [0, 0.05) is 38.0 Å². The Morgan fingerprint density at radius 1 is 1.10 bits per heavy atom. The van der Waals surface area contributed by atoms with Crippen LogP contribution in [0.3, 0.4) is 0 Å². The fourth-order valence-corrected chi connectivity index (χ4v) is 4.25. The first-order valence-electron chi connectivity index (χ1n) is 11.5. The highest BCUT2D eigenvalue weighted by Gasteiger charge is 2.34. The summed E-state index contributed by atoms with van der Waals surface area (Å²) in [5.74, 6) is 2.69. The van der Waals surface area contributed by atoms with Crippen molar-refractivity contribution in [2.24, 2.45) is 5.92 Å². The highest BCUT2D eigenvalue weighted by molar-refractivity contribution is 5.88. The molecule has 162 valence electrons. The molecule has 1 aromatic carbocycles. The second-order valence-corrected chi connectivity index (χ2v) is 8.78. The van der Waals surface area contributed by atoms with Crippen LogP contribution in [-0.2, 0) is 4.79 Å². The van der Waals surface area contributed by atoms with E-state index in [2.05, 4.69) is 28.7 Å². The zero-order valence-corrected chi connectivity index (χ0v) is 18.4. The molecule has 7 nitrogen and oxygen atoms in total. The molecule has 3 aromatic rings. The average Bonchev–Trinajstić information content (AvgIpc) is 3.61. The molecule has 1 aliphatic heterocycles. The normalized spacial score (nSPS) is 18.3. The lowest BCUT2D eigenvalue weighted by Gasteiger charge is -2.24. The van der Waals surface area contributed by atoms with Gasteiger partial charge in [0.2, 0.25) is 5.91 Å². The Balaban J connectivity index is 1.52. The quantitative estimate of drug-likeness (QED) is 0.631. The van der Waals surface area contributed by atoms with E-state index in [1.54, 1.807) is 0 Å². The Hall–Kier alpha value is -2.96. The number of anilines is 1. The molecule has 7 heteroatoms. The van der Waals surface area contributed by atoms with Gasteiger partial charge in [-0.25, -0.2) is 14.6 Å². The van der Waals surface area contributed by atoms with E-state index in [4.69, 9.17) is 9.97 Å². The Kier molecular flexibility index (Phi) is 5.34. The number of para-hydroxylation sites is 1. The van der Waals surface area contributed by atoms with Gasteiger partial charge in [0.15, 0.2) is 5.65 Å². The molecular formula is C24H30N6O. The molecule has 2 aromatic heterocycles. The van der Waals surface area contributed by atoms with Crippen LogP contribution in [0, 0.1) is 5.92 Å². The van der Waals surface area contributed by atoms with E-state index in [0.717, 1.165) is 80.2 Å². The molecule has 0 bridgehead atoms. The van der Waals surface area contributed by atoms with E-state index in [0.29, 0.717) is 5.91 Å². The number of hydrogen-bond acceptors (Lipinski definition) is 5. The summed E-state index contributed by atoms with van der Waals surface area (Å²) in [6, 6.07) is 10.1. The molecule has 3 heterocycles. The molecule has 2 fully saturated rings. The second kappa shape index (κ2) is 8.29. The average molecular weight is 419 g/mol. The maximum Gasteiger partial charge on any atom is 0.225 e. The van der Waals surface area contributed by atoms with Gasteiger partial charge in [-0.1, -0.05) is 32.0 Å². The molecule has 0 spiro atoms. The zero-order chi connectivity index (χ0) is 21.4. The SMILES string of the molecule is CC[C@@H](C)c1nc(N2CCCN(C(=O)C3CC3)CC2)c2cnn(-c3ccccc3)c2n1.